The molecule has 1 atom stereocenters. The van der Waals surface area contributed by atoms with Crippen LogP contribution in [0, 0.1) is 0 Å². The van der Waals surface area contributed by atoms with Crippen molar-refractivity contribution in [3.8, 4) is 0 Å². The zero-order valence-corrected chi connectivity index (χ0v) is 10.2. The minimum absolute atomic E-state index is 0.395. The van der Waals surface area contributed by atoms with E-state index in [1.165, 1.54) is 19.3 Å². The molecule has 0 aliphatic heterocycles. The Morgan fingerprint density at radius 3 is 2.76 bits per heavy atom. The van der Waals surface area contributed by atoms with Crippen molar-refractivity contribution in [3.05, 3.63) is 47.5 Å². The molecule has 2 nitrogen and oxygen atoms in total. The van der Waals surface area contributed by atoms with Crippen LogP contribution in [0.3, 0.4) is 0 Å². The molecule has 0 saturated carbocycles. The Morgan fingerprint density at radius 2 is 2.06 bits per heavy atom. The highest BCUT2D eigenvalue weighted by Crippen LogP contribution is 2.19. The molecule has 17 heavy (non-hydrogen) atoms. The number of benzene rings is 1. The Morgan fingerprint density at radius 1 is 1.24 bits per heavy atom. The molecule has 2 N–H and O–H groups in total. The van der Waals surface area contributed by atoms with Crippen LogP contribution in [0.4, 0.5) is 0 Å². The lowest BCUT2D eigenvalue weighted by atomic mass is 10.1. The molecule has 1 unspecified atom stereocenters. The number of aliphatic hydroxyl groups is 1. The highest BCUT2D eigenvalue weighted by atomic mass is 16.3. The number of allylic oxidation sites excluding steroid dienone is 1. The van der Waals surface area contributed by atoms with Crippen molar-refractivity contribution in [2.45, 2.75) is 31.8 Å². The Kier molecular flexibility index (Phi) is 4.77. The van der Waals surface area contributed by atoms with Crippen molar-refractivity contribution >= 4 is 0 Å². The summed E-state index contributed by atoms with van der Waals surface area (Å²) in [6, 6.07) is 9.82. The van der Waals surface area contributed by atoms with E-state index < -0.39 is 6.10 Å². The lowest BCUT2D eigenvalue weighted by Crippen LogP contribution is -2.22. The average Bonchev–Trinajstić information content (AvgIpc) is 2.88. The van der Waals surface area contributed by atoms with Crippen molar-refractivity contribution < 1.29 is 5.11 Å². The summed E-state index contributed by atoms with van der Waals surface area (Å²) in [5, 5.41) is 13.3. The predicted octanol–water partition coefficient (Wildman–Crippen LogP) is 2.81. The van der Waals surface area contributed by atoms with Crippen molar-refractivity contribution in [1.29, 1.82) is 0 Å². The molecule has 1 aliphatic carbocycles. The maximum atomic E-state index is 9.94. The van der Waals surface area contributed by atoms with Gasteiger partial charge in [0.25, 0.3) is 0 Å². The topological polar surface area (TPSA) is 32.3 Å². The van der Waals surface area contributed by atoms with Crippen LogP contribution < -0.4 is 5.32 Å². The Labute approximate surface area is 103 Å². The smallest absolute Gasteiger partial charge is 0.0914 e. The van der Waals surface area contributed by atoms with Gasteiger partial charge in [0.05, 0.1) is 6.10 Å². The first-order valence-corrected chi connectivity index (χ1v) is 6.48. The molecular weight excluding hydrogens is 210 g/mol. The van der Waals surface area contributed by atoms with E-state index >= 15 is 0 Å². The summed E-state index contributed by atoms with van der Waals surface area (Å²) in [6.07, 6.45) is 6.93. The molecule has 0 heterocycles. The molecule has 0 spiro atoms. The molecule has 1 aromatic carbocycles. The van der Waals surface area contributed by atoms with Crippen molar-refractivity contribution in [2.75, 3.05) is 13.1 Å². The third kappa shape index (κ3) is 3.99. The summed E-state index contributed by atoms with van der Waals surface area (Å²) in [7, 11) is 0. The second-order valence-electron chi connectivity index (χ2n) is 4.64. The number of hydrogen-bond donors (Lipinski definition) is 2. The van der Waals surface area contributed by atoms with Crippen molar-refractivity contribution in [3.63, 3.8) is 0 Å². The monoisotopic (exact) mass is 231 g/mol. The second-order valence-corrected chi connectivity index (χ2v) is 4.64. The highest BCUT2D eigenvalue weighted by molar-refractivity contribution is 5.17. The van der Waals surface area contributed by atoms with Crippen LogP contribution in [0.15, 0.2) is 42.0 Å². The van der Waals surface area contributed by atoms with Crippen molar-refractivity contribution in [2.24, 2.45) is 0 Å². The first-order chi connectivity index (χ1) is 8.36. The van der Waals surface area contributed by atoms with Gasteiger partial charge in [0.2, 0.25) is 0 Å². The second kappa shape index (κ2) is 6.58. The first-order valence-electron chi connectivity index (χ1n) is 6.48. The van der Waals surface area contributed by atoms with E-state index in [9.17, 15) is 5.11 Å². The van der Waals surface area contributed by atoms with Crippen LogP contribution in [0.5, 0.6) is 0 Å². The zero-order chi connectivity index (χ0) is 11.9. The fourth-order valence-electron chi connectivity index (χ4n) is 2.25. The molecule has 0 amide bonds. The normalized spacial score (nSPS) is 16.9. The highest BCUT2D eigenvalue weighted by Gasteiger charge is 2.07. The van der Waals surface area contributed by atoms with Crippen LogP contribution in [0.2, 0.25) is 0 Å². The molecule has 1 aliphatic rings. The molecule has 2 rings (SSSR count). The lowest BCUT2D eigenvalue weighted by molar-refractivity contribution is 0.175. The molecule has 92 valence electrons. The fraction of sp³-hybridized carbons (Fsp3) is 0.467. The number of hydrogen-bond acceptors (Lipinski definition) is 2. The van der Waals surface area contributed by atoms with Crippen LogP contribution >= 0.6 is 0 Å². The van der Waals surface area contributed by atoms with Gasteiger partial charge in [-0.2, -0.15) is 0 Å². The SMILES string of the molecule is OC(CNCCC1=CCCC1)c1ccccc1. The summed E-state index contributed by atoms with van der Waals surface area (Å²) in [4.78, 5) is 0. The van der Waals surface area contributed by atoms with Crippen LogP contribution in [-0.2, 0) is 0 Å². The van der Waals surface area contributed by atoms with Gasteiger partial charge in [-0.05, 0) is 37.8 Å². The Hall–Kier alpha value is -1.12. The van der Waals surface area contributed by atoms with E-state index in [-0.39, 0.29) is 0 Å². The van der Waals surface area contributed by atoms with Gasteiger partial charge in [0.15, 0.2) is 0 Å². The molecular formula is C15H21NO. The minimum Gasteiger partial charge on any atom is -0.387 e. The standard InChI is InChI=1S/C15H21NO/c17-15(14-8-2-1-3-9-14)12-16-11-10-13-6-4-5-7-13/h1-3,6,8-9,15-17H,4-5,7,10-12H2. The molecule has 0 aromatic heterocycles. The summed E-state index contributed by atoms with van der Waals surface area (Å²) in [5.41, 5.74) is 2.56. The van der Waals surface area contributed by atoms with Gasteiger partial charge < -0.3 is 10.4 Å². The maximum Gasteiger partial charge on any atom is 0.0914 e. The molecule has 0 radical (unpaired) electrons. The van der Waals surface area contributed by atoms with Gasteiger partial charge in [-0.3, -0.25) is 0 Å². The number of aliphatic hydroxyl groups excluding tert-OH is 1. The molecule has 0 bridgehead atoms. The largest absolute Gasteiger partial charge is 0.387 e. The minimum atomic E-state index is -0.395. The summed E-state index contributed by atoms with van der Waals surface area (Å²) in [5.74, 6) is 0. The van der Waals surface area contributed by atoms with Gasteiger partial charge in [0.1, 0.15) is 0 Å². The van der Waals surface area contributed by atoms with Gasteiger partial charge in [0, 0.05) is 6.54 Å². The Balaban J connectivity index is 1.65. The van der Waals surface area contributed by atoms with Gasteiger partial charge >= 0.3 is 0 Å². The van der Waals surface area contributed by atoms with E-state index in [4.69, 9.17) is 0 Å². The molecule has 0 fully saturated rings. The quantitative estimate of drug-likeness (QED) is 0.583. The summed E-state index contributed by atoms with van der Waals surface area (Å²) >= 11 is 0. The Bertz CT molecular complexity index is 358. The van der Waals surface area contributed by atoms with Gasteiger partial charge in [-0.1, -0.05) is 42.0 Å². The molecule has 1 aromatic rings. The van der Waals surface area contributed by atoms with E-state index in [0.29, 0.717) is 6.54 Å². The maximum absolute atomic E-state index is 9.94. The first kappa shape index (κ1) is 12.3. The predicted molar refractivity (Wildman–Crippen MR) is 70.8 cm³/mol. The van der Waals surface area contributed by atoms with E-state index in [1.54, 1.807) is 5.57 Å². The van der Waals surface area contributed by atoms with E-state index in [1.807, 2.05) is 30.3 Å². The fourth-order valence-corrected chi connectivity index (χ4v) is 2.25. The summed E-state index contributed by atoms with van der Waals surface area (Å²) < 4.78 is 0. The van der Waals surface area contributed by atoms with Crippen LogP contribution in [0.1, 0.15) is 37.4 Å². The van der Waals surface area contributed by atoms with Gasteiger partial charge in [-0.15, -0.1) is 0 Å². The van der Waals surface area contributed by atoms with Gasteiger partial charge in [-0.25, -0.2) is 0 Å². The zero-order valence-electron chi connectivity index (χ0n) is 10.2. The van der Waals surface area contributed by atoms with Crippen LogP contribution in [0.25, 0.3) is 0 Å². The number of nitrogens with one attached hydrogen (secondary N) is 1. The third-order valence-electron chi connectivity index (χ3n) is 3.28. The van der Waals surface area contributed by atoms with E-state index in [0.717, 1.165) is 18.5 Å². The molecule has 0 saturated heterocycles. The third-order valence-corrected chi connectivity index (χ3v) is 3.28. The summed E-state index contributed by atoms with van der Waals surface area (Å²) in [6.45, 7) is 1.60. The van der Waals surface area contributed by atoms with E-state index in [2.05, 4.69) is 11.4 Å². The average molecular weight is 231 g/mol. The molecule has 2 heteroatoms. The lowest BCUT2D eigenvalue weighted by Gasteiger charge is -2.12. The van der Waals surface area contributed by atoms with Crippen molar-refractivity contribution in [1.82, 2.24) is 5.32 Å². The van der Waals surface area contributed by atoms with Crippen LogP contribution in [-0.4, -0.2) is 18.2 Å². The number of rotatable bonds is 6.